The topological polar surface area (TPSA) is 66.5 Å². The smallest absolute Gasteiger partial charge is 0.253 e. The van der Waals surface area contributed by atoms with E-state index in [0.717, 1.165) is 38.6 Å². The first kappa shape index (κ1) is 15.4. The van der Waals surface area contributed by atoms with Gasteiger partial charge in [-0.15, -0.1) is 0 Å². The lowest BCUT2D eigenvalue weighted by molar-refractivity contribution is -0.136. The lowest BCUT2D eigenvalue weighted by Gasteiger charge is -2.13. The van der Waals surface area contributed by atoms with Crippen LogP contribution in [0, 0.1) is 0 Å². The van der Waals surface area contributed by atoms with Crippen LogP contribution in [0.25, 0.3) is 0 Å². The normalized spacial score (nSPS) is 14.3. The lowest BCUT2D eigenvalue weighted by Crippen LogP contribution is -2.30. The van der Waals surface area contributed by atoms with Crippen LogP contribution in [0.1, 0.15) is 45.4 Å². The van der Waals surface area contributed by atoms with Crippen LogP contribution in [0.2, 0.25) is 0 Å². The summed E-state index contributed by atoms with van der Waals surface area (Å²) >= 11 is 0. The van der Waals surface area contributed by atoms with Crippen molar-refractivity contribution in [1.82, 2.24) is 10.2 Å². The van der Waals surface area contributed by atoms with Crippen molar-refractivity contribution in [2.45, 2.75) is 45.4 Å². The summed E-state index contributed by atoms with van der Waals surface area (Å²) in [4.78, 5) is 35.2. The Morgan fingerprint density at radius 2 is 1.79 bits per heavy atom. The molecule has 0 saturated carbocycles. The maximum Gasteiger partial charge on any atom is 0.253 e. The van der Waals surface area contributed by atoms with Gasteiger partial charge in [0.2, 0.25) is 5.91 Å². The maximum atomic E-state index is 11.4. The van der Waals surface area contributed by atoms with Crippen LogP contribution in [0.4, 0.5) is 0 Å². The number of unbranched alkanes of at least 4 members (excludes halogenated alkanes) is 3. The van der Waals surface area contributed by atoms with E-state index in [1.807, 2.05) is 0 Å². The van der Waals surface area contributed by atoms with Crippen LogP contribution in [0.5, 0.6) is 0 Å². The Kier molecular flexibility index (Phi) is 6.85. The zero-order valence-electron chi connectivity index (χ0n) is 11.5. The van der Waals surface area contributed by atoms with Gasteiger partial charge in [-0.25, -0.2) is 0 Å². The third kappa shape index (κ3) is 5.68. The summed E-state index contributed by atoms with van der Waals surface area (Å²) in [7, 11) is 0. The summed E-state index contributed by atoms with van der Waals surface area (Å²) in [6.07, 6.45) is 7.59. The van der Waals surface area contributed by atoms with Gasteiger partial charge in [0.25, 0.3) is 11.8 Å². The highest BCUT2D eigenvalue weighted by atomic mass is 16.2. The van der Waals surface area contributed by atoms with Gasteiger partial charge < -0.3 is 5.32 Å². The molecule has 0 bridgehead atoms. The molecule has 0 aromatic rings. The zero-order chi connectivity index (χ0) is 14.1. The predicted octanol–water partition coefficient (Wildman–Crippen LogP) is 1.39. The second-order valence-corrected chi connectivity index (χ2v) is 4.68. The monoisotopic (exact) mass is 266 g/mol. The minimum absolute atomic E-state index is 0.0865. The summed E-state index contributed by atoms with van der Waals surface area (Å²) in [5.74, 6) is -0.381. The van der Waals surface area contributed by atoms with Gasteiger partial charge in [-0.05, 0) is 19.3 Å². The number of rotatable bonds is 9. The predicted molar refractivity (Wildman–Crippen MR) is 72.2 cm³/mol. The number of amides is 3. The molecule has 0 fully saturated rings. The molecule has 0 unspecified atom stereocenters. The molecule has 0 saturated heterocycles. The van der Waals surface area contributed by atoms with Crippen molar-refractivity contribution in [2.75, 3.05) is 13.1 Å². The van der Waals surface area contributed by atoms with Crippen molar-refractivity contribution in [3.63, 3.8) is 0 Å². The standard InChI is InChI=1S/C14H22N2O3/c1-2-3-10-15-12(17)7-5-4-6-11-16-13(18)8-9-14(16)19/h8-9H,2-7,10-11H2,1H3,(H,15,17). The first-order valence-corrected chi connectivity index (χ1v) is 6.95. The van der Waals surface area contributed by atoms with Crippen LogP contribution in [0.3, 0.4) is 0 Å². The summed E-state index contributed by atoms with van der Waals surface area (Å²) in [6.45, 7) is 3.28. The fraction of sp³-hybridized carbons (Fsp3) is 0.643. The zero-order valence-corrected chi connectivity index (χ0v) is 11.5. The number of nitrogens with one attached hydrogen (secondary N) is 1. The molecule has 0 spiro atoms. The summed E-state index contributed by atoms with van der Waals surface area (Å²) < 4.78 is 0. The molecule has 5 heteroatoms. The van der Waals surface area contributed by atoms with E-state index in [2.05, 4.69) is 12.2 Å². The number of imide groups is 1. The van der Waals surface area contributed by atoms with Crippen molar-refractivity contribution in [3.8, 4) is 0 Å². The van der Waals surface area contributed by atoms with Gasteiger partial charge in [-0.1, -0.05) is 19.8 Å². The molecule has 0 aromatic heterocycles. The Morgan fingerprint density at radius 1 is 1.11 bits per heavy atom. The molecule has 1 aliphatic heterocycles. The highest BCUT2D eigenvalue weighted by Gasteiger charge is 2.22. The minimum Gasteiger partial charge on any atom is -0.356 e. The van der Waals surface area contributed by atoms with Gasteiger partial charge >= 0.3 is 0 Å². The van der Waals surface area contributed by atoms with E-state index in [9.17, 15) is 14.4 Å². The van der Waals surface area contributed by atoms with Crippen LogP contribution in [-0.4, -0.2) is 35.7 Å². The Balaban J connectivity index is 2.01. The van der Waals surface area contributed by atoms with E-state index in [1.165, 1.54) is 17.1 Å². The van der Waals surface area contributed by atoms with E-state index in [0.29, 0.717) is 13.0 Å². The van der Waals surface area contributed by atoms with Gasteiger partial charge in [0.15, 0.2) is 0 Å². The van der Waals surface area contributed by atoms with E-state index in [4.69, 9.17) is 0 Å². The second kappa shape index (κ2) is 8.45. The summed E-state index contributed by atoms with van der Waals surface area (Å²) in [5.41, 5.74) is 0. The number of carbonyl (C=O) groups excluding carboxylic acids is 3. The molecule has 1 N–H and O–H groups in total. The SMILES string of the molecule is CCCCNC(=O)CCCCCN1C(=O)C=CC1=O. The van der Waals surface area contributed by atoms with E-state index >= 15 is 0 Å². The van der Waals surface area contributed by atoms with Gasteiger partial charge in [0.05, 0.1) is 0 Å². The molecule has 1 heterocycles. The number of nitrogens with zero attached hydrogens (tertiary/aromatic N) is 1. The van der Waals surface area contributed by atoms with Gasteiger partial charge in [0, 0.05) is 31.7 Å². The third-order valence-corrected chi connectivity index (χ3v) is 3.04. The molecule has 0 atom stereocenters. The molecule has 1 rings (SSSR count). The van der Waals surface area contributed by atoms with Gasteiger partial charge in [0.1, 0.15) is 0 Å². The van der Waals surface area contributed by atoms with Crippen molar-refractivity contribution in [1.29, 1.82) is 0 Å². The fourth-order valence-electron chi connectivity index (χ4n) is 1.88. The average Bonchev–Trinajstić information content (AvgIpc) is 2.70. The molecule has 1 aliphatic rings. The van der Waals surface area contributed by atoms with E-state index < -0.39 is 0 Å². The molecule has 19 heavy (non-hydrogen) atoms. The number of hydrogen-bond acceptors (Lipinski definition) is 3. The highest BCUT2D eigenvalue weighted by Crippen LogP contribution is 2.07. The summed E-state index contributed by atoms with van der Waals surface area (Å²) in [5, 5.41) is 2.86. The molecular weight excluding hydrogens is 244 g/mol. The largest absolute Gasteiger partial charge is 0.356 e. The van der Waals surface area contributed by atoms with Crippen LogP contribution >= 0.6 is 0 Å². The fourth-order valence-corrected chi connectivity index (χ4v) is 1.88. The average molecular weight is 266 g/mol. The van der Waals surface area contributed by atoms with Crippen LogP contribution in [0.15, 0.2) is 12.2 Å². The Hall–Kier alpha value is -1.65. The molecular formula is C14H22N2O3. The molecule has 0 radical (unpaired) electrons. The lowest BCUT2D eigenvalue weighted by atomic mass is 10.2. The van der Waals surface area contributed by atoms with Crippen LogP contribution in [-0.2, 0) is 14.4 Å². The van der Waals surface area contributed by atoms with Gasteiger partial charge in [-0.2, -0.15) is 0 Å². The Bertz CT molecular complexity index is 346. The molecule has 5 nitrogen and oxygen atoms in total. The van der Waals surface area contributed by atoms with E-state index in [1.54, 1.807) is 0 Å². The van der Waals surface area contributed by atoms with Crippen molar-refractivity contribution in [2.24, 2.45) is 0 Å². The molecule has 0 aliphatic carbocycles. The third-order valence-electron chi connectivity index (χ3n) is 3.04. The maximum absolute atomic E-state index is 11.4. The highest BCUT2D eigenvalue weighted by molar-refractivity contribution is 6.12. The van der Waals surface area contributed by atoms with Crippen molar-refractivity contribution < 1.29 is 14.4 Å². The minimum atomic E-state index is -0.234. The van der Waals surface area contributed by atoms with Crippen LogP contribution < -0.4 is 5.32 Å². The first-order valence-electron chi connectivity index (χ1n) is 6.95. The number of hydrogen-bond donors (Lipinski definition) is 1. The molecule has 3 amide bonds. The molecule has 106 valence electrons. The quantitative estimate of drug-likeness (QED) is 0.506. The summed E-state index contributed by atoms with van der Waals surface area (Å²) in [6, 6.07) is 0. The van der Waals surface area contributed by atoms with Crippen molar-refractivity contribution >= 4 is 17.7 Å². The first-order chi connectivity index (χ1) is 9.15. The second-order valence-electron chi connectivity index (χ2n) is 4.68. The van der Waals surface area contributed by atoms with Crippen molar-refractivity contribution in [3.05, 3.63) is 12.2 Å². The number of carbonyl (C=O) groups is 3. The van der Waals surface area contributed by atoms with E-state index in [-0.39, 0.29) is 17.7 Å². The van der Waals surface area contributed by atoms with Gasteiger partial charge in [-0.3, -0.25) is 19.3 Å². The molecule has 0 aromatic carbocycles. The Labute approximate surface area is 114 Å². The Morgan fingerprint density at radius 3 is 2.42 bits per heavy atom.